The number of hydrogen-bond donors (Lipinski definition) is 0. The molecular formula is C10H9F2N. The van der Waals surface area contributed by atoms with Crippen molar-refractivity contribution < 1.29 is 8.78 Å². The van der Waals surface area contributed by atoms with Crippen LogP contribution in [0.2, 0.25) is 0 Å². The van der Waals surface area contributed by atoms with Gasteiger partial charge in [0.25, 0.3) is 0 Å². The van der Waals surface area contributed by atoms with Gasteiger partial charge in [-0.05, 0) is 11.1 Å². The van der Waals surface area contributed by atoms with Gasteiger partial charge < -0.3 is 0 Å². The Labute approximate surface area is 75.6 Å². The van der Waals surface area contributed by atoms with Gasteiger partial charge in [0.05, 0.1) is 12.5 Å². The summed E-state index contributed by atoms with van der Waals surface area (Å²) in [5.74, 6) is 0. The van der Waals surface area contributed by atoms with Crippen molar-refractivity contribution in [3.8, 4) is 6.07 Å². The lowest BCUT2D eigenvalue weighted by molar-refractivity contribution is 0.149. The highest BCUT2D eigenvalue weighted by Crippen LogP contribution is 2.09. The number of nitrogens with zero attached hydrogens (tertiary/aromatic N) is 1. The molecule has 0 aliphatic heterocycles. The van der Waals surface area contributed by atoms with Crippen molar-refractivity contribution in [3.05, 3.63) is 35.4 Å². The summed E-state index contributed by atoms with van der Waals surface area (Å²) >= 11 is 0. The molecule has 0 unspecified atom stereocenters. The Morgan fingerprint density at radius 3 is 2.15 bits per heavy atom. The number of benzene rings is 1. The average Bonchev–Trinajstić information content (AvgIpc) is 2.08. The monoisotopic (exact) mass is 181 g/mol. The first kappa shape index (κ1) is 9.66. The van der Waals surface area contributed by atoms with Crippen LogP contribution in [-0.4, -0.2) is 6.43 Å². The summed E-state index contributed by atoms with van der Waals surface area (Å²) in [5.41, 5.74) is 1.47. The summed E-state index contributed by atoms with van der Waals surface area (Å²) in [5, 5.41) is 8.36. The van der Waals surface area contributed by atoms with Gasteiger partial charge >= 0.3 is 0 Å². The van der Waals surface area contributed by atoms with E-state index in [2.05, 4.69) is 0 Å². The van der Waals surface area contributed by atoms with Crippen LogP contribution in [0, 0.1) is 11.3 Å². The number of alkyl halides is 2. The van der Waals surface area contributed by atoms with Crippen LogP contribution in [0.5, 0.6) is 0 Å². The van der Waals surface area contributed by atoms with Gasteiger partial charge in [0.2, 0.25) is 6.43 Å². The second-order valence-corrected chi connectivity index (χ2v) is 2.75. The maximum Gasteiger partial charge on any atom is 0.242 e. The summed E-state index contributed by atoms with van der Waals surface area (Å²) in [7, 11) is 0. The molecule has 3 heteroatoms. The molecule has 0 atom stereocenters. The molecule has 0 saturated carbocycles. The highest BCUT2D eigenvalue weighted by Gasteiger charge is 2.03. The van der Waals surface area contributed by atoms with Crippen LogP contribution in [-0.2, 0) is 12.8 Å². The third kappa shape index (κ3) is 3.20. The Morgan fingerprint density at radius 1 is 1.15 bits per heavy atom. The molecule has 0 heterocycles. The van der Waals surface area contributed by atoms with Crippen molar-refractivity contribution in [2.24, 2.45) is 0 Å². The molecule has 0 N–H and O–H groups in total. The number of halogens is 2. The van der Waals surface area contributed by atoms with E-state index in [1.54, 1.807) is 24.3 Å². The van der Waals surface area contributed by atoms with Crippen molar-refractivity contribution in [2.45, 2.75) is 19.3 Å². The van der Waals surface area contributed by atoms with Crippen LogP contribution >= 0.6 is 0 Å². The summed E-state index contributed by atoms with van der Waals surface area (Å²) in [6.45, 7) is 0. The van der Waals surface area contributed by atoms with Gasteiger partial charge in [-0.25, -0.2) is 8.78 Å². The predicted molar refractivity (Wildman–Crippen MR) is 45.5 cm³/mol. The molecule has 0 aromatic heterocycles. The van der Waals surface area contributed by atoms with Crippen LogP contribution in [0.15, 0.2) is 24.3 Å². The molecule has 1 rings (SSSR count). The molecule has 0 amide bonds. The van der Waals surface area contributed by atoms with Crippen LogP contribution in [0.3, 0.4) is 0 Å². The van der Waals surface area contributed by atoms with Gasteiger partial charge in [-0.2, -0.15) is 5.26 Å². The average molecular weight is 181 g/mol. The summed E-state index contributed by atoms with van der Waals surface area (Å²) in [6.07, 6.45) is -2.19. The number of rotatable bonds is 3. The lowest BCUT2D eigenvalue weighted by atomic mass is 10.1. The van der Waals surface area contributed by atoms with E-state index >= 15 is 0 Å². The van der Waals surface area contributed by atoms with Gasteiger partial charge in [-0.15, -0.1) is 0 Å². The molecule has 0 radical (unpaired) electrons. The van der Waals surface area contributed by atoms with E-state index in [9.17, 15) is 8.78 Å². The molecule has 0 saturated heterocycles. The molecular weight excluding hydrogens is 172 g/mol. The Balaban J connectivity index is 2.65. The SMILES string of the molecule is N#CCc1ccc(CC(F)F)cc1. The molecule has 1 aromatic carbocycles. The minimum absolute atomic E-state index is 0.215. The maximum absolute atomic E-state index is 11.9. The Kier molecular flexibility index (Phi) is 3.39. The van der Waals surface area contributed by atoms with Crippen molar-refractivity contribution in [1.29, 1.82) is 5.26 Å². The second kappa shape index (κ2) is 4.56. The van der Waals surface area contributed by atoms with Crippen LogP contribution in [0.25, 0.3) is 0 Å². The van der Waals surface area contributed by atoms with Crippen LogP contribution < -0.4 is 0 Å². The zero-order valence-corrected chi connectivity index (χ0v) is 7.00. The van der Waals surface area contributed by atoms with Crippen molar-refractivity contribution in [2.75, 3.05) is 0 Å². The normalized spacial score (nSPS) is 10.0. The minimum atomic E-state index is -2.30. The summed E-state index contributed by atoms with van der Waals surface area (Å²) in [6, 6.07) is 8.69. The van der Waals surface area contributed by atoms with Crippen molar-refractivity contribution >= 4 is 0 Å². The molecule has 68 valence electrons. The fraction of sp³-hybridized carbons (Fsp3) is 0.300. The molecule has 0 spiro atoms. The predicted octanol–water partition coefficient (Wildman–Crippen LogP) is 2.56. The molecule has 0 aliphatic carbocycles. The second-order valence-electron chi connectivity index (χ2n) is 2.75. The first-order chi connectivity index (χ1) is 6.22. The summed E-state index contributed by atoms with van der Waals surface area (Å²) < 4.78 is 23.8. The number of hydrogen-bond acceptors (Lipinski definition) is 1. The van der Waals surface area contributed by atoms with E-state index in [1.165, 1.54) is 0 Å². The third-order valence-electron chi connectivity index (χ3n) is 1.70. The highest BCUT2D eigenvalue weighted by atomic mass is 19.3. The van der Waals surface area contributed by atoms with Crippen LogP contribution in [0.1, 0.15) is 11.1 Å². The van der Waals surface area contributed by atoms with E-state index in [0.717, 1.165) is 5.56 Å². The molecule has 0 bridgehead atoms. The first-order valence-electron chi connectivity index (χ1n) is 3.95. The van der Waals surface area contributed by atoms with E-state index < -0.39 is 6.43 Å². The molecule has 1 aromatic rings. The minimum Gasteiger partial charge on any atom is -0.210 e. The third-order valence-corrected chi connectivity index (χ3v) is 1.70. The molecule has 13 heavy (non-hydrogen) atoms. The van der Waals surface area contributed by atoms with Crippen LogP contribution in [0.4, 0.5) is 8.78 Å². The van der Waals surface area contributed by atoms with E-state index in [4.69, 9.17) is 5.26 Å². The highest BCUT2D eigenvalue weighted by molar-refractivity contribution is 5.24. The van der Waals surface area contributed by atoms with Gasteiger partial charge in [0.15, 0.2) is 0 Å². The summed E-state index contributed by atoms with van der Waals surface area (Å²) in [4.78, 5) is 0. The zero-order chi connectivity index (χ0) is 9.68. The Bertz CT molecular complexity index is 298. The van der Waals surface area contributed by atoms with E-state index in [1.807, 2.05) is 6.07 Å². The topological polar surface area (TPSA) is 23.8 Å². The first-order valence-corrected chi connectivity index (χ1v) is 3.95. The molecule has 0 aliphatic rings. The lowest BCUT2D eigenvalue weighted by Crippen LogP contribution is -1.96. The van der Waals surface area contributed by atoms with Crippen molar-refractivity contribution in [1.82, 2.24) is 0 Å². The lowest BCUT2D eigenvalue weighted by Gasteiger charge is -2.00. The van der Waals surface area contributed by atoms with Gasteiger partial charge in [-0.3, -0.25) is 0 Å². The standard InChI is InChI=1S/C10H9F2N/c11-10(12)7-9-3-1-8(2-4-9)5-6-13/h1-4,10H,5,7H2. The maximum atomic E-state index is 11.9. The number of nitriles is 1. The largest absolute Gasteiger partial charge is 0.242 e. The van der Waals surface area contributed by atoms with Gasteiger partial charge in [-0.1, -0.05) is 24.3 Å². The van der Waals surface area contributed by atoms with E-state index in [0.29, 0.717) is 12.0 Å². The quantitative estimate of drug-likeness (QED) is 0.703. The van der Waals surface area contributed by atoms with E-state index in [-0.39, 0.29) is 6.42 Å². The zero-order valence-electron chi connectivity index (χ0n) is 7.00. The fourth-order valence-electron chi connectivity index (χ4n) is 1.06. The smallest absolute Gasteiger partial charge is 0.210 e. The van der Waals surface area contributed by atoms with Crippen molar-refractivity contribution in [3.63, 3.8) is 0 Å². The van der Waals surface area contributed by atoms with Gasteiger partial charge in [0.1, 0.15) is 0 Å². The molecule has 0 fully saturated rings. The fourth-order valence-corrected chi connectivity index (χ4v) is 1.06. The Hall–Kier alpha value is -1.43. The molecule has 1 nitrogen and oxygen atoms in total. The Morgan fingerprint density at radius 2 is 1.69 bits per heavy atom. The van der Waals surface area contributed by atoms with Gasteiger partial charge in [0, 0.05) is 6.42 Å².